The molecule has 0 N–H and O–H groups in total. The molecule has 0 aliphatic carbocycles. The summed E-state index contributed by atoms with van der Waals surface area (Å²) in [5, 5.41) is 0. The summed E-state index contributed by atoms with van der Waals surface area (Å²) < 4.78 is 0. The normalized spacial score (nSPS) is 11.4. The molecule has 0 fully saturated rings. The Bertz CT molecular complexity index is 2570. The predicted molar refractivity (Wildman–Crippen MR) is 235 cm³/mol. The third-order valence-corrected chi connectivity index (χ3v) is 11.0. The Balaban J connectivity index is 0.000000291. The van der Waals surface area contributed by atoms with E-state index in [1.54, 1.807) is 0 Å². The molecule has 56 heavy (non-hydrogen) atoms. The summed E-state index contributed by atoms with van der Waals surface area (Å²) in [6, 6.07) is 60.5. The van der Waals surface area contributed by atoms with Gasteiger partial charge in [-0.2, -0.15) is 0 Å². The Labute approximate surface area is 346 Å². The second-order valence-corrected chi connectivity index (χ2v) is 14.7. The minimum Gasteiger partial charge on any atom is -0.305 e. The summed E-state index contributed by atoms with van der Waals surface area (Å²) in [4.78, 5) is 9.00. The molecule has 0 saturated carbocycles. The van der Waals surface area contributed by atoms with Crippen LogP contribution in [0.4, 0.5) is 0 Å². The predicted octanol–water partition coefficient (Wildman–Crippen LogP) is 7.65. The minimum atomic E-state index is 0. The molecule has 1 aliphatic rings. The van der Waals surface area contributed by atoms with Gasteiger partial charge in [0.1, 0.15) is 0 Å². The van der Waals surface area contributed by atoms with Gasteiger partial charge in [0.15, 0.2) is 0 Å². The van der Waals surface area contributed by atoms with Crippen LogP contribution in [0.1, 0.15) is 27.8 Å². The van der Waals surface area contributed by atoms with Crippen molar-refractivity contribution in [2.75, 3.05) is 0 Å². The molecule has 273 valence electrons. The molecule has 8 aromatic rings. The first-order chi connectivity index (χ1) is 26.9. The van der Waals surface area contributed by atoms with Crippen LogP contribution < -0.4 is 32.8 Å². The number of benzene rings is 6. The number of rotatable bonds is 5. The van der Waals surface area contributed by atoms with E-state index >= 15 is 0 Å². The fourth-order valence-electron chi connectivity index (χ4n) is 8.32. The SMILES string of the molecule is Cc1ccc(-c2[c-]cccc2)nc1.Cc1cccc(C)c1B1c2ccccc2B(c2c(C)cccc2C)c2cc(-c3ccnc(-c4[c-]cccc4)c3)ccc21.[Ir]. The standard InChI is InChI=1S/C39H32B2N.C12H10N.Ir/c1-26-12-10-13-27(2)38(26)40-33-18-8-9-19-34(33)41(39-28(3)14-11-15-29(39)4)36-24-31(20-21-35(36)40)32-22-23-42-37(25-32)30-16-6-5-7-17-30;1-10-7-8-12(13-9-10)11-5-3-2-4-6-11;/h5-16,18-25H,1-4H3;2-5,7-9H,1H3;/q2*-1;. The molecule has 1 radical (unpaired) electrons. The number of hydrogen-bond donors (Lipinski definition) is 0. The van der Waals surface area contributed by atoms with Gasteiger partial charge in [-0.1, -0.05) is 152 Å². The second-order valence-electron chi connectivity index (χ2n) is 14.7. The van der Waals surface area contributed by atoms with Crippen molar-refractivity contribution >= 4 is 46.2 Å². The number of aromatic nitrogens is 2. The Morgan fingerprint density at radius 3 is 1.48 bits per heavy atom. The number of nitrogens with zero attached hydrogens (tertiary/aromatic N) is 2. The van der Waals surface area contributed by atoms with Crippen LogP contribution in [0.15, 0.2) is 164 Å². The van der Waals surface area contributed by atoms with Crippen LogP contribution in [-0.4, -0.2) is 23.4 Å². The third-order valence-electron chi connectivity index (χ3n) is 11.0. The fraction of sp³-hybridized carbons (Fsp3) is 0.0980. The Hall–Kier alpha value is -5.60. The molecule has 1 aliphatic heterocycles. The smallest absolute Gasteiger partial charge is 0.240 e. The van der Waals surface area contributed by atoms with Crippen molar-refractivity contribution in [2.24, 2.45) is 0 Å². The van der Waals surface area contributed by atoms with E-state index in [4.69, 9.17) is 0 Å². The van der Waals surface area contributed by atoms with E-state index in [1.165, 1.54) is 71.7 Å². The number of pyridine rings is 2. The zero-order valence-electron chi connectivity index (χ0n) is 32.5. The molecule has 9 rings (SSSR count). The first-order valence-electron chi connectivity index (χ1n) is 19.1. The molecule has 0 atom stereocenters. The molecular weight excluding hydrogens is 854 g/mol. The van der Waals surface area contributed by atoms with Gasteiger partial charge in [0.25, 0.3) is 0 Å². The van der Waals surface area contributed by atoms with Crippen molar-refractivity contribution in [1.29, 1.82) is 0 Å². The van der Waals surface area contributed by atoms with Crippen LogP contribution >= 0.6 is 0 Å². The molecule has 5 heteroatoms. The number of fused-ring (bicyclic) bond motifs is 2. The Kier molecular flexibility index (Phi) is 11.8. The second kappa shape index (κ2) is 17.0. The maximum Gasteiger partial charge on any atom is 0.240 e. The summed E-state index contributed by atoms with van der Waals surface area (Å²) in [7, 11) is 0. The number of aryl methyl sites for hydroxylation is 5. The van der Waals surface area contributed by atoms with E-state index in [1.807, 2.05) is 67.8 Å². The Morgan fingerprint density at radius 2 is 0.946 bits per heavy atom. The van der Waals surface area contributed by atoms with Crippen LogP contribution in [0, 0.1) is 46.8 Å². The maximum atomic E-state index is 4.68. The van der Waals surface area contributed by atoms with E-state index in [0.717, 1.165) is 22.5 Å². The molecule has 0 unspecified atom stereocenters. The van der Waals surface area contributed by atoms with Gasteiger partial charge in [0.05, 0.1) is 0 Å². The molecule has 0 spiro atoms. The van der Waals surface area contributed by atoms with E-state index < -0.39 is 0 Å². The topological polar surface area (TPSA) is 25.8 Å². The van der Waals surface area contributed by atoms with Gasteiger partial charge in [-0.05, 0) is 68.8 Å². The minimum absolute atomic E-state index is 0. The first-order valence-corrected chi connectivity index (χ1v) is 19.1. The molecule has 6 aromatic carbocycles. The van der Waals surface area contributed by atoms with E-state index in [-0.39, 0.29) is 33.5 Å². The van der Waals surface area contributed by atoms with Gasteiger partial charge in [-0.15, -0.1) is 71.8 Å². The molecule has 0 bridgehead atoms. The van der Waals surface area contributed by atoms with E-state index in [9.17, 15) is 0 Å². The largest absolute Gasteiger partial charge is 0.305 e. The summed E-state index contributed by atoms with van der Waals surface area (Å²) >= 11 is 0. The van der Waals surface area contributed by atoms with Gasteiger partial charge in [-0.3, -0.25) is 0 Å². The van der Waals surface area contributed by atoms with Crippen molar-refractivity contribution in [3.8, 4) is 33.6 Å². The maximum absolute atomic E-state index is 4.68. The van der Waals surface area contributed by atoms with Crippen molar-refractivity contribution in [3.05, 3.63) is 204 Å². The molecule has 0 saturated heterocycles. The van der Waals surface area contributed by atoms with Gasteiger partial charge in [0.2, 0.25) is 13.4 Å². The monoisotopic (exact) mass is 897 g/mol. The molecule has 2 aromatic heterocycles. The van der Waals surface area contributed by atoms with Crippen LogP contribution in [0.25, 0.3) is 33.6 Å². The van der Waals surface area contributed by atoms with E-state index in [0.29, 0.717) is 0 Å². The zero-order valence-corrected chi connectivity index (χ0v) is 34.9. The van der Waals surface area contributed by atoms with Gasteiger partial charge < -0.3 is 9.97 Å². The number of hydrogen-bond acceptors (Lipinski definition) is 2. The average Bonchev–Trinajstić information content (AvgIpc) is 3.22. The van der Waals surface area contributed by atoms with Crippen LogP contribution in [0.3, 0.4) is 0 Å². The van der Waals surface area contributed by atoms with Gasteiger partial charge >= 0.3 is 0 Å². The van der Waals surface area contributed by atoms with Crippen molar-refractivity contribution in [3.63, 3.8) is 0 Å². The first kappa shape index (κ1) is 38.7. The Morgan fingerprint density at radius 1 is 0.429 bits per heavy atom. The van der Waals surface area contributed by atoms with Crippen LogP contribution in [-0.2, 0) is 20.1 Å². The summed E-state index contributed by atoms with van der Waals surface area (Å²) in [6.45, 7) is 11.4. The molecule has 3 heterocycles. The molecular formula is C51H42B2IrN2-2. The summed E-state index contributed by atoms with van der Waals surface area (Å²) in [5.74, 6) is 0. The summed E-state index contributed by atoms with van der Waals surface area (Å²) in [6.07, 6.45) is 3.79. The van der Waals surface area contributed by atoms with Crippen molar-refractivity contribution < 1.29 is 20.1 Å². The van der Waals surface area contributed by atoms with Gasteiger partial charge in [-0.25, -0.2) is 0 Å². The van der Waals surface area contributed by atoms with Crippen molar-refractivity contribution in [2.45, 2.75) is 34.6 Å². The fourth-order valence-corrected chi connectivity index (χ4v) is 8.32. The van der Waals surface area contributed by atoms with Crippen LogP contribution in [0.2, 0.25) is 0 Å². The summed E-state index contributed by atoms with van der Waals surface area (Å²) in [5.41, 5.74) is 21.3. The van der Waals surface area contributed by atoms with Crippen molar-refractivity contribution in [1.82, 2.24) is 9.97 Å². The van der Waals surface area contributed by atoms with Gasteiger partial charge in [0, 0.05) is 32.5 Å². The third kappa shape index (κ3) is 7.76. The average molecular weight is 897 g/mol. The van der Waals surface area contributed by atoms with E-state index in [2.05, 4.69) is 153 Å². The molecule has 0 amide bonds. The quantitative estimate of drug-likeness (QED) is 0.131. The van der Waals surface area contributed by atoms with Crippen LogP contribution in [0.5, 0.6) is 0 Å². The zero-order chi connectivity index (χ0) is 37.9. The molecule has 2 nitrogen and oxygen atoms in total.